The van der Waals surface area contributed by atoms with Gasteiger partial charge in [-0.05, 0) is 64.1 Å². The number of hydrogen-bond donors (Lipinski definition) is 1. The molecule has 2 aliphatic rings. The molecule has 0 bridgehead atoms. The maximum Gasteiger partial charge on any atom is 0.341 e. The molecule has 0 radical (unpaired) electrons. The van der Waals surface area contributed by atoms with Crippen molar-refractivity contribution in [3.8, 4) is 11.4 Å². The third kappa shape index (κ3) is 5.16. The molecule has 5 rings (SSSR count). The number of fused-ring (bicyclic) bond motifs is 1. The third-order valence-electron chi connectivity index (χ3n) is 6.89. The summed E-state index contributed by atoms with van der Waals surface area (Å²) in [7, 11) is 1.39. The van der Waals surface area contributed by atoms with Crippen LogP contribution < -0.4 is 5.32 Å². The number of carbonyl (C=O) groups excluding carboxylic acids is 2. The van der Waals surface area contributed by atoms with E-state index in [0.717, 1.165) is 62.7 Å². The lowest BCUT2D eigenvalue weighted by Gasteiger charge is -2.30. The maximum absolute atomic E-state index is 13.1. The summed E-state index contributed by atoms with van der Waals surface area (Å²) in [5.74, 6) is 0.693. The molecule has 1 amide bonds. The topological polar surface area (TPSA) is 97.6 Å². The van der Waals surface area contributed by atoms with Crippen molar-refractivity contribution in [1.82, 2.24) is 15.0 Å². The summed E-state index contributed by atoms with van der Waals surface area (Å²) in [6, 6.07) is 8.04. The molecule has 184 valence electrons. The van der Waals surface area contributed by atoms with E-state index in [-0.39, 0.29) is 17.8 Å². The standard InChI is InChI=1S/C26H30N4O4S/c1-16-7-9-17(10-8-16)23-27-21(34-29-23)15-30-13-11-18(12-14-30)24(31)28-25-22(26(32)33-2)19-5-3-4-6-20(19)35-25/h7-10,18H,3-6,11-15H2,1-2H3,(H,28,31). The Morgan fingerprint density at radius 1 is 1.17 bits per heavy atom. The molecule has 8 nitrogen and oxygen atoms in total. The lowest BCUT2D eigenvalue weighted by molar-refractivity contribution is -0.121. The molecule has 1 fully saturated rings. The van der Waals surface area contributed by atoms with Gasteiger partial charge in [0, 0.05) is 16.4 Å². The van der Waals surface area contributed by atoms with E-state index >= 15 is 0 Å². The Bertz CT molecular complexity index is 1210. The van der Waals surface area contributed by atoms with Gasteiger partial charge in [0.05, 0.1) is 19.2 Å². The van der Waals surface area contributed by atoms with Crippen molar-refractivity contribution >= 4 is 28.2 Å². The van der Waals surface area contributed by atoms with Crippen LogP contribution in [0.2, 0.25) is 0 Å². The number of aromatic nitrogens is 2. The van der Waals surface area contributed by atoms with Crippen LogP contribution in [-0.4, -0.2) is 47.1 Å². The number of carbonyl (C=O) groups is 2. The molecular weight excluding hydrogens is 464 g/mol. The smallest absolute Gasteiger partial charge is 0.341 e. The summed E-state index contributed by atoms with van der Waals surface area (Å²) in [4.78, 5) is 33.5. The fourth-order valence-electron chi connectivity index (χ4n) is 4.87. The second kappa shape index (κ2) is 10.3. The predicted molar refractivity (Wildman–Crippen MR) is 133 cm³/mol. The average molecular weight is 495 g/mol. The first-order valence-corrected chi connectivity index (χ1v) is 13.0. The fraction of sp³-hybridized carbons (Fsp3) is 0.462. The molecule has 3 heterocycles. The number of nitrogens with zero attached hydrogens (tertiary/aromatic N) is 3. The van der Waals surface area contributed by atoms with Crippen molar-refractivity contribution < 1.29 is 18.8 Å². The highest BCUT2D eigenvalue weighted by atomic mass is 32.1. The van der Waals surface area contributed by atoms with E-state index in [0.29, 0.717) is 28.8 Å². The van der Waals surface area contributed by atoms with E-state index in [9.17, 15) is 9.59 Å². The van der Waals surface area contributed by atoms with Gasteiger partial charge in [0.2, 0.25) is 17.6 Å². The summed E-state index contributed by atoms with van der Waals surface area (Å²) in [5, 5.41) is 7.82. The van der Waals surface area contributed by atoms with Crippen molar-refractivity contribution in [2.24, 2.45) is 5.92 Å². The minimum absolute atomic E-state index is 0.0205. The molecular formula is C26H30N4O4S. The van der Waals surface area contributed by atoms with Crippen molar-refractivity contribution in [2.45, 2.75) is 52.0 Å². The minimum Gasteiger partial charge on any atom is -0.465 e. The number of hydrogen-bond acceptors (Lipinski definition) is 8. The van der Waals surface area contributed by atoms with Gasteiger partial charge in [0.15, 0.2) is 0 Å². The van der Waals surface area contributed by atoms with E-state index < -0.39 is 0 Å². The molecule has 3 aromatic rings. The van der Waals surface area contributed by atoms with Crippen LogP contribution in [0.25, 0.3) is 11.4 Å². The summed E-state index contributed by atoms with van der Waals surface area (Å²) in [6.07, 6.45) is 5.48. The molecule has 0 spiro atoms. The number of rotatable bonds is 6. The number of anilines is 1. The van der Waals surface area contributed by atoms with Crippen LogP contribution in [0.1, 0.15) is 57.9 Å². The van der Waals surface area contributed by atoms with Crippen LogP contribution in [0.3, 0.4) is 0 Å². The maximum atomic E-state index is 13.1. The molecule has 1 N–H and O–H groups in total. The number of nitrogens with one attached hydrogen (secondary N) is 1. The zero-order chi connectivity index (χ0) is 24.4. The van der Waals surface area contributed by atoms with Gasteiger partial charge in [-0.15, -0.1) is 11.3 Å². The van der Waals surface area contributed by atoms with Crippen LogP contribution in [0.4, 0.5) is 5.00 Å². The normalized spacial score (nSPS) is 16.6. The van der Waals surface area contributed by atoms with Crippen molar-refractivity contribution in [2.75, 3.05) is 25.5 Å². The SMILES string of the molecule is COC(=O)c1c(NC(=O)C2CCN(Cc3nc(-c4ccc(C)cc4)no3)CC2)sc2c1CCCC2. The molecule has 0 saturated carbocycles. The van der Waals surface area contributed by atoms with Crippen LogP contribution in [-0.2, 0) is 28.9 Å². The number of ether oxygens (including phenoxy) is 1. The molecule has 1 aromatic carbocycles. The number of benzene rings is 1. The minimum atomic E-state index is -0.362. The summed E-state index contributed by atoms with van der Waals surface area (Å²) >= 11 is 1.53. The Balaban J connectivity index is 1.18. The first kappa shape index (κ1) is 23.7. The zero-order valence-corrected chi connectivity index (χ0v) is 21.0. The summed E-state index contributed by atoms with van der Waals surface area (Å²) in [5.41, 5.74) is 3.73. The van der Waals surface area contributed by atoms with Crippen molar-refractivity contribution in [3.05, 3.63) is 51.7 Å². The second-order valence-electron chi connectivity index (χ2n) is 9.32. The van der Waals surface area contributed by atoms with E-state index in [2.05, 4.69) is 20.4 Å². The first-order valence-electron chi connectivity index (χ1n) is 12.2. The number of esters is 1. The molecule has 1 aliphatic heterocycles. The van der Waals surface area contributed by atoms with Gasteiger partial charge in [0.1, 0.15) is 5.00 Å². The third-order valence-corrected chi connectivity index (χ3v) is 8.10. The monoisotopic (exact) mass is 494 g/mol. The molecule has 1 aliphatic carbocycles. The van der Waals surface area contributed by atoms with Crippen LogP contribution in [0.5, 0.6) is 0 Å². The Morgan fingerprint density at radius 2 is 1.91 bits per heavy atom. The summed E-state index contributed by atoms with van der Waals surface area (Å²) < 4.78 is 10.5. The molecule has 1 saturated heterocycles. The van der Waals surface area contributed by atoms with E-state index in [1.807, 2.05) is 31.2 Å². The van der Waals surface area contributed by atoms with Gasteiger partial charge < -0.3 is 14.6 Å². The van der Waals surface area contributed by atoms with Gasteiger partial charge in [-0.25, -0.2) is 4.79 Å². The second-order valence-corrected chi connectivity index (χ2v) is 10.4. The van der Waals surface area contributed by atoms with E-state index in [1.165, 1.54) is 28.9 Å². The van der Waals surface area contributed by atoms with Gasteiger partial charge in [-0.2, -0.15) is 4.98 Å². The highest BCUT2D eigenvalue weighted by Gasteiger charge is 2.30. The molecule has 35 heavy (non-hydrogen) atoms. The highest BCUT2D eigenvalue weighted by molar-refractivity contribution is 7.17. The zero-order valence-electron chi connectivity index (χ0n) is 20.1. The predicted octanol–water partition coefficient (Wildman–Crippen LogP) is 4.62. The Morgan fingerprint density at radius 3 is 2.66 bits per heavy atom. The number of amides is 1. The van der Waals surface area contributed by atoms with Gasteiger partial charge in [-0.1, -0.05) is 35.0 Å². The molecule has 2 aromatic heterocycles. The Hall–Kier alpha value is -3.04. The summed E-state index contributed by atoms with van der Waals surface area (Å²) in [6.45, 7) is 4.15. The first-order chi connectivity index (χ1) is 17.0. The Labute approximate surface area is 208 Å². The van der Waals surface area contributed by atoms with Crippen molar-refractivity contribution in [1.29, 1.82) is 0 Å². The molecule has 0 atom stereocenters. The lowest BCUT2D eigenvalue weighted by Crippen LogP contribution is -2.37. The lowest BCUT2D eigenvalue weighted by atomic mass is 9.94. The number of likely N-dealkylation sites (tertiary alicyclic amines) is 1. The van der Waals surface area contributed by atoms with Crippen molar-refractivity contribution in [3.63, 3.8) is 0 Å². The fourth-order valence-corrected chi connectivity index (χ4v) is 6.15. The Kier molecular flexibility index (Phi) is 6.97. The molecule has 9 heteroatoms. The van der Waals surface area contributed by atoms with Crippen LogP contribution >= 0.6 is 11.3 Å². The van der Waals surface area contributed by atoms with Gasteiger partial charge >= 0.3 is 5.97 Å². The van der Waals surface area contributed by atoms with E-state index in [1.54, 1.807) is 0 Å². The van der Waals surface area contributed by atoms with Gasteiger partial charge in [-0.3, -0.25) is 9.69 Å². The number of aryl methyl sites for hydroxylation is 2. The van der Waals surface area contributed by atoms with Crippen LogP contribution in [0, 0.1) is 12.8 Å². The molecule has 0 unspecified atom stereocenters. The van der Waals surface area contributed by atoms with Crippen LogP contribution in [0.15, 0.2) is 28.8 Å². The highest BCUT2D eigenvalue weighted by Crippen LogP contribution is 2.39. The average Bonchev–Trinajstić information content (AvgIpc) is 3.49. The number of thiophene rings is 1. The number of piperidine rings is 1. The largest absolute Gasteiger partial charge is 0.465 e. The van der Waals surface area contributed by atoms with Gasteiger partial charge in [0.25, 0.3) is 0 Å². The van der Waals surface area contributed by atoms with E-state index in [4.69, 9.17) is 9.26 Å². The number of methoxy groups -OCH3 is 1. The quantitative estimate of drug-likeness (QED) is 0.499.